The van der Waals surface area contributed by atoms with E-state index in [1.54, 1.807) is 12.1 Å². The summed E-state index contributed by atoms with van der Waals surface area (Å²) in [6.45, 7) is 8.34. The first-order valence-electron chi connectivity index (χ1n) is 8.93. The molecule has 0 saturated carbocycles. The van der Waals surface area contributed by atoms with Gasteiger partial charge in [0.05, 0.1) is 11.3 Å². The third-order valence-corrected chi connectivity index (χ3v) is 4.60. The topological polar surface area (TPSA) is 61.7 Å². The molecule has 0 fully saturated rings. The molecule has 0 atom stereocenters. The Bertz CT molecular complexity index is 1010. The zero-order valence-corrected chi connectivity index (χ0v) is 16.1. The van der Waals surface area contributed by atoms with Crippen LogP contribution < -0.4 is 5.43 Å². The Morgan fingerprint density at radius 1 is 0.963 bits per heavy atom. The number of benzene rings is 3. The number of phenols is 1. The van der Waals surface area contributed by atoms with E-state index in [0.29, 0.717) is 5.71 Å². The van der Waals surface area contributed by atoms with Crippen molar-refractivity contribution in [1.82, 2.24) is 5.43 Å². The fourth-order valence-electron chi connectivity index (χ4n) is 2.88. The molecule has 4 nitrogen and oxygen atoms in total. The molecule has 0 aliphatic heterocycles. The number of carbonyl (C=O) groups excluding carboxylic acids is 1. The molecule has 4 heteroatoms. The van der Waals surface area contributed by atoms with Gasteiger partial charge < -0.3 is 5.11 Å². The quantitative estimate of drug-likeness (QED) is 0.510. The van der Waals surface area contributed by atoms with Crippen LogP contribution in [0.15, 0.2) is 65.8 Å². The monoisotopic (exact) mass is 360 g/mol. The minimum atomic E-state index is -0.441. The third-order valence-electron chi connectivity index (χ3n) is 4.60. The van der Waals surface area contributed by atoms with E-state index in [-0.39, 0.29) is 16.7 Å². The number of phenolic OH excluding ortho intramolecular Hbond substituents is 1. The summed E-state index contributed by atoms with van der Waals surface area (Å²) in [7, 11) is 0. The molecule has 138 valence electrons. The molecule has 0 spiro atoms. The van der Waals surface area contributed by atoms with Crippen LogP contribution in [0.5, 0.6) is 5.75 Å². The fraction of sp³-hybridized carbons (Fsp3) is 0.217. The smallest absolute Gasteiger partial charge is 0.275 e. The van der Waals surface area contributed by atoms with Crippen molar-refractivity contribution in [2.45, 2.75) is 33.1 Å². The minimum Gasteiger partial charge on any atom is -0.507 e. The van der Waals surface area contributed by atoms with E-state index >= 15 is 0 Å². The van der Waals surface area contributed by atoms with Crippen molar-refractivity contribution >= 4 is 22.4 Å². The largest absolute Gasteiger partial charge is 0.507 e. The van der Waals surface area contributed by atoms with Crippen molar-refractivity contribution in [2.75, 3.05) is 0 Å². The summed E-state index contributed by atoms with van der Waals surface area (Å²) < 4.78 is 0. The summed E-state index contributed by atoms with van der Waals surface area (Å²) in [5.74, 6) is -0.502. The van der Waals surface area contributed by atoms with Gasteiger partial charge >= 0.3 is 0 Å². The zero-order chi connectivity index (χ0) is 19.6. The second kappa shape index (κ2) is 7.23. The summed E-state index contributed by atoms with van der Waals surface area (Å²) in [5.41, 5.74) is 5.70. The van der Waals surface area contributed by atoms with E-state index in [0.717, 1.165) is 16.3 Å². The van der Waals surface area contributed by atoms with Gasteiger partial charge in [-0.1, -0.05) is 69.3 Å². The van der Waals surface area contributed by atoms with Crippen LogP contribution in [0.3, 0.4) is 0 Å². The molecular formula is C23H24N2O2. The van der Waals surface area contributed by atoms with E-state index in [1.165, 1.54) is 5.56 Å². The number of amides is 1. The van der Waals surface area contributed by atoms with Gasteiger partial charge in [0.15, 0.2) is 0 Å². The van der Waals surface area contributed by atoms with E-state index in [2.05, 4.69) is 43.4 Å². The summed E-state index contributed by atoms with van der Waals surface area (Å²) in [6.07, 6.45) is 0. The van der Waals surface area contributed by atoms with E-state index < -0.39 is 5.91 Å². The number of rotatable bonds is 3. The van der Waals surface area contributed by atoms with Crippen LogP contribution in [0.2, 0.25) is 0 Å². The molecule has 3 aromatic carbocycles. The minimum absolute atomic E-state index is 0.0615. The van der Waals surface area contributed by atoms with Gasteiger partial charge in [0.1, 0.15) is 5.75 Å². The second-order valence-corrected chi connectivity index (χ2v) is 7.68. The normalized spacial score (nSPS) is 12.2. The average molecular weight is 360 g/mol. The molecule has 1 amide bonds. The molecule has 0 radical (unpaired) electrons. The molecule has 2 N–H and O–H groups in total. The molecule has 3 aromatic rings. The molecule has 0 aromatic heterocycles. The van der Waals surface area contributed by atoms with Crippen LogP contribution >= 0.6 is 0 Å². The van der Waals surface area contributed by atoms with Crippen molar-refractivity contribution in [3.63, 3.8) is 0 Å². The van der Waals surface area contributed by atoms with Crippen molar-refractivity contribution in [3.8, 4) is 5.75 Å². The first-order valence-corrected chi connectivity index (χ1v) is 8.93. The first-order chi connectivity index (χ1) is 12.8. The van der Waals surface area contributed by atoms with Gasteiger partial charge in [-0.05, 0) is 46.4 Å². The SMILES string of the molecule is C/C(=N\NC(=O)c1cc2ccccc2cc1O)c1ccc(C(C)(C)C)cc1. The predicted molar refractivity (Wildman–Crippen MR) is 110 cm³/mol. The lowest BCUT2D eigenvalue weighted by molar-refractivity contribution is 0.0952. The van der Waals surface area contributed by atoms with Gasteiger partial charge in [-0.3, -0.25) is 4.79 Å². The summed E-state index contributed by atoms with van der Waals surface area (Å²) >= 11 is 0. The number of hydrazone groups is 1. The maximum atomic E-state index is 12.5. The van der Waals surface area contributed by atoms with Crippen LogP contribution in [0, 0.1) is 0 Å². The van der Waals surface area contributed by atoms with Crippen molar-refractivity contribution in [3.05, 3.63) is 77.4 Å². The van der Waals surface area contributed by atoms with E-state index in [4.69, 9.17) is 0 Å². The van der Waals surface area contributed by atoms with Gasteiger partial charge in [0.2, 0.25) is 0 Å². The van der Waals surface area contributed by atoms with Gasteiger partial charge in [0, 0.05) is 0 Å². The number of aromatic hydroxyl groups is 1. The molecular weight excluding hydrogens is 336 g/mol. The zero-order valence-electron chi connectivity index (χ0n) is 16.1. The number of nitrogens with zero attached hydrogens (tertiary/aromatic N) is 1. The Labute approximate surface area is 159 Å². The lowest BCUT2D eigenvalue weighted by atomic mass is 9.86. The lowest BCUT2D eigenvalue weighted by Gasteiger charge is -2.19. The summed E-state index contributed by atoms with van der Waals surface area (Å²) in [6, 6.07) is 19.0. The number of hydrogen-bond acceptors (Lipinski definition) is 3. The number of fused-ring (bicyclic) bond motifs is 1. The van der Waals surface area contributed by atoms with Gasteiger partial charge in [-0.2, -0.15) is 5.10 Å². The number of carbonyl (C=O) groups is 1. The highest BCUT2D eigenvalue weighted by molar-refractivity contribution is 6.03. The standard InChI is InChI=1S/C23H24N2O2/c1-15(16-9-11-19(12-10-16)23(2,3)4)24-25-22(27)20-13-17-7-5-6-8-18(17)14-21(20)26/h5-14,26H,1-4H3,(H,25,27)/b24-15+. The van der Waals surface area contributed by atoms with Crippen molar-refractivity contribution in [1.29, 1.82) is 0 Å². The van der Waals surface area contributed by atoms with Gasteiger partial charge in [-0.15, -0.1) is 0 Å². The van der Waals surface area contributed by atoms with E-state index in [9.17, 15) is 9.90 Å². The van der Waals surface area contributed by atoms with Crippen LogP contribution in [0.25, 0.3) is 10.8 Å². The van der Waals surface area contributed by atoms with E-state index in [1.807, 2.05) is 43.3 Å². The fourth-order valence-corrected chi connectivity index (χ4v) is 2.88. The number of hydrogen-bond donors (Lipinski definition) is 2. The number of nitrogens with one attached hydrogen (secondary N) is 1. The third kappa shape index (κ3) is 4.17. The highest BCUT2D eigenvalue weighted by atomic mass is 16.3. The second-order valence-electron chi connectivity index (χ2n) is 7.68. The van der Waals surface area contributed by atoms with Crippen LogP contribution in [0.4, 0.5) is 0 Å². The molecule has 0 aliphatic carbocycles. The Morgan fingerprint density at radius 3 is 2.15 bits per heavy atom. The molecule has 3 rings (SSSR count). The average Bonchev–Trinajstić information content (AvgIpc) is 2.64. The van der Waals surface area contributed by atoms with Crippen LogP contribution in [-0.2, 0) is 5.41 Å². The van der Waals surface area contributed by atoms with Gasteiger partial charge in [0.25, 0.3) is 5.91 Å². The molecule has 0 bridgehead atoms. The van der Waals surface area contributed by atoms with Crippen molar-refractivity contribution in [2.24, 2.45) is 5.10 Å². The summed E-state index contributed by atoms with van der Waals surface area (Å²) in [5, 5.41) is 16.1. The first kappa shape index (κ1) is 18.6. The Kier molecular flexibility index (Phi) is 5.00. The summed E-state index contributed by atoms with van der Waals surface area (Å²) in [4.78, 5) is 12.5. The Hall–Kier alpha value is -3.14. The lowest BCUT2D eigenvalue weighted by Crippen LogP contribution is -2.19. The van der Waals surface area contributed by atoms with Crippen LogP contribution in [-0.4, -0.2) is 16.7 Å². The Balaban J connectivity index is 1.79. The highest BCUT2D eigenvalue weighted by Crippen LogP contribution is 2.25. The molecule has 27 heavy (non-hydrogen) atoms. The Morgan fingerprint density at radius 2 is 1.56 bits per heavy atom. The molecule has 0 aliphatic rings. The molecule has 0 saturated heterocycles. The van der Waals surface area contributed by atoms with Gasteiger partial charge in [-0.25, -0.2) is 5.43 Å². The molecule has 0 unspecified atom stereocenters. The predicted octanol–water partition coefficient (Wildman–Crippen LogP) is 5.00. The van der Waals surface area contributed by atoms with Crippen molar-refractivity contribution < 1.29 is 9.90 Å². The molecule has 0 heterocycles. The maximum Gasteiger partial charge on any atom is 0.275 e. The maximum absolute atomic E-state index is 12.5. The van der Waals surface area contributed by atoms with Crippen LogP contribution in [0.1, 0.15) is 49.2 Å². The highest BCUT2D eigenvalue weighted by Gasteiger charge is 2.14.